The highest BCUT2D eigenvalue weighted by Gasteiger charge is 2.10. The minimum Gasteiger partial charge on any atom is -0.462 e. The molecule has 1 unspecified atom stereocenters. The van der Waals surface area contributed by atoms with Crippen molar-refractivity contribution < 1.29 is 9.53 Å². The van der Waals surface area contributed by atoms with Crippen LogP contribution in [-0.4, -0.2) is 25.2 Å². The van der Waals surface area contributed by atoms with Crippen molar-refractivity contribution in [3.8, 4) is 0 Å². The van der Waals surface area contributed by atoms with E-state index in [0.717, 1.165) is 13.0 Å². The number of rotatable bonds is 5. The van der Waals surface area contributed by atoms with Gasteiger partial charge in [-0.15, -0.1) is 0 Å². The lowest BCUT2D eigenvalue weighted by molar-refractivity contribution is -0.146. The van der Waals surface area contributed by atoms with E-state index in [0.29, 0.717) is 12.5 Å². The third-order valence-electron chi connectivity index (χ3n) is 2.45. The Hall–Kier alpha value is -0.830. The molecular weight excluding hydrogens is 190 g/mol. The number of carbonyl (C=O) groups is 1. The molecule has 0 saturated carbocycles. The molecule has 0 aliphatic heterocycles. The van der Waals surface area contributed by atoms with Crippen LogP contribution in [-0.2, 0) is 9.53 Å². The molecule has 1 aliphatic rings. The molecule has 1 rings (SSSR count). The minimum absolute atomic E-state index is 0.0167. The number of hydrogen-bond acceptors (Lipinski definition) is 3. The zero-order valence-corrected chi connectivity index (χ0v) is 9.66. The highest BCUT2D eigenvalue weighted by atomic mass is 16.5. The van der Waals surface area contributed by atoms with Crippen LogP contribution in [0.4, 0.5) is 0 Å². The van der Waals surface area contributed by atoms with Gasteiger partial charge in [-0.05, 0) is 45.6 Å². The highest BCUT2D eigenvalue weighted by Crippen LogP contribution is 2.16. The summed E-state index contributed by atoms with van der Waals surface area (Å²) in [7, 11) is 0. The second kappa shape index (κ2) is 6.62. The fourth-order valence-corrected chi connectivity index (χ4v) is 1.72. The molecule has 3 nitrogen and oxygen atoms in total. The highest BCUT2D eigenvalue weighted by molar-refractivity contribution is 5.71. The lowest BCUT2D eigenvalue weighted by Crippen LogP contribution is -2.30. The molecule has 0 aromatic rings. The summed E-state index contributed by atoms with van der Waals surface area (Å²) < 4.78 is 5.02. The Morgan fingerprint density at radius 2 is 2.33 bits per heavy atom. The monoisotopic (exact) mass is 211 g/mol. The first kappa shape index (κ1) is 12.2. The Bertz CT molecular complexity index is 224. The molecule has 0 aromatic heterocycles. The summed E-state index contributed by atoms with van der Waals surface area (Å²) in [5.74, 6) is 0.526. The zero-order valence-electron chi connectivity index (χ0n) is 9.66. The van der Waals surface area contributed by atoms with E-state index in [4.69, 9.17) is 4.74 Å². The van der Waals surface area contributed by atoms with Crippen LogP contribution < -0.4 is 5.32 Å². The SMILES string of the molecule is CC(C)OC(=O)CNCC1CC=CCC1. The van der Waals surface area contributed by atoms with E-state index >= 15 is 0 Å². The van der Waals surface area contributed by atoms with Gasteiger partial charge in [-0.25, -0.2) is 0 Å². The van der Waals surface area contributed by atoms with Crippen LogP contribution in [0.5, 0.6) is 0 Å². The second-order valence-corrected chi connectivity index (χ2v) is 4.32. The van der Waals surface area contributed by atoms with Gasteiger partial charge in [-0.2, -0.15) is 0 Å². The fourth-order valence-electron chi connectivity index (χ4n) is 1.72. The number of nitrogens with one attached hydrogen (secondary N) is 1. The first-order chi connectivity index (χ1) is 7.18. The molecule has 0 heterocycles. The first-order valence-corrected chi connectivity index (χ1v) is 5.73. The Morgan fingerprint density at radius 1 is 1.53 bits per heavy atom. The Labute approximate surface area is 91.9 Å². The second-order valence-electron chi connectivity index (χ2n) is 4.32. The lowest BCUT2D eigenvalue weighted by atomic mass is 9.94. The molecule has 0 spiro atoms. The van der Waals surface area contributed by atoms with Gasteiger partial charge in [0.1, 0.15) is 0 Å². The van der Waals surface area contributed by atoms with E-state index in [-0.39, 0.29) is 12.1 Å². The molecule has 0 bridgehead atoms. The Morgan fingerprint density at radius 3 is 2.93 bits per heavy atom. The maximum atomic E-state index is 11.2. The van der Waals surface area contributed by atoms with E-state index < -0.39 is 0 Å². The average molecular weight is 211 g/mol. The van der Waals surface area contributed by atoms with E-state index in [2.05, 4.69) is 17.5 Å². The van der Waals surface area contributed by atoms with Gasteiger partial charge >= 0.3 is 5.97 Å². The summed E-state index contributed by atoms with van der Waals surface area (Å²) in [6, 6.07) is 0. The zero-order chi connectivity index (χ0) is 11.1. The molecule has 0 fully saturated rings. The maximum Gasteiger partial charge on any atom is 0.320 e. The van der Waals surface area contributed by atoms with Crippen LogP contribution in [0.2, 0.25) is 0 Å². The van der Waals surface area contributed by atoms with E-state index in [9.17, 15) is 4.79 Å². The van der Waals surface area contributed by atoms with Crippen molar-refractivity contribution >= 4 is 5.97 Å². The quantitative estimate of drug-likeness (QED) is 0.557. The summed E-state index contributed by atoms with van der Waals surface area (Å²) in [5.41, 5.74) is 0. The molecule has 0 aromatic carbocycles. The van der Waals surface area contributed by atoms with E-state index in [1.165, 1.54) is 12.8 Å². The number of carbonyl (C=O) groups excluding carboxylic acids is 1. The van der Waals surface area contributed by atoms with Gasteiger partial charge in [0.2, 0.25) is 0 Å². The van der Waals surface area contributed by atoms with Crippen molar-refractivity contribution in [1.82, 2.24) is 5.32 Å². The summed E-state index contributed by atoms with van der Waals surface area (Å²) in [6.07, 6.45) is 7.96. The number of esters is 1. The minimum atomic E-state index is -0.156. The average Bonchev–Trinajstić information content (AvgIpc) is 2.18. The summed E-state index contributed by atoms with van der Waals surface area (Å²) in [5, 5.41) is 3.15. The van der Waals surface area contributed by atoms with Gasteiger partial charge in [-0.1, -0.05) is 12.2 Å². The lowest BCUT2D eigenvalue weighted by Gasteiger charge is -2.18. The molecule has 0 amide bonds. The van der Waals surface area contributed by atoms with Crippen LogP contribution in [0.15, 0.2) is 12.2 Å². The third kappa shape index (κ3) is 5.57. The number of ether oxygens (including phenoxy) is 1. The van der Waals surface area contributed by atoms with E-state index in [1.807, 2.05) is 13.8 Å². The van der Waals surface area contributed by atoms with Gasteiger partial charge in [0.05, 0.1) is 12.6 Å². The van der Waals surface area contributed by atoms with Crippen molar-refractivity contribution in [3.05, 3.63) is 12.2 Å². The smallest absolute Gasteiger partial charge is 0.320 e. The van der Waals surface area contributed by atoms with Gasteiger partial charge in [-0.3, -0.25) is 4.79 Å². The van der Waals surface area contributed by atoms with Crippen molar-refractivity contribution in [1.29, 1.82) is 0 Å². The number of hydrogen-bond donors (Lipinski definition) is 1. The predicted molar refractivity (Wildman–Crippen MR) is 60.6 cm³/mol. The van der Waals surface area contributed by atoms with Crippen molar-refractivity contribution in [2.24, 2.45) is 5.92 Å². The van der Waals surface area contributed by atoms with Gasteiger partial charge < -0.3 is 10.1 Å². The normalized spacial score (nSPS) is 20.6. The Balaban J connectivity index is 2.05. The largest absolute Gasteiger partial charge is 0.462 e. The van der Waals surface area contributed by atoms with Gasteiger partial charge in [0, 0.05) is 0 Å². The van der Waals surface area contributed by atoms with Gasteiger partial charge in [0.15, 0.2) is 0 Å². The number of allylic oxidation sites excluding steroid dienone is 2. The molecule has 1 aliphatic carbocycles. The van der Waals surface area contributed by atoms with E-state index in [1.54, 1.807) is 0 Å². The molecule has 86 valence electrons. The third-order valence-corrected chi connectivity index (χ3v) is 2.45. The predicted octanol–water partition coefficient (Wildman–Crippen LogP) is 1.88. The summed E-state index contributed by atoms with van der Waals surface area (Å²) in [6.45, 7) is 4.98. The Kier molecular flexibility index (Phi) is 5.40. The first-order valence-electron chi connectivity index (χ1n) is 5.73. The van der Waals surface area contributed by atoms with Crippen molar-refractivity contribution in [2.75, 3.05) is 13.1 Å². The molecule has 1 atom stereocenters. The van der Waals surface area contributed by atoms with Crippen LogP contribution >= 0.6 is 0 Å². The molecule has 3 heteroatoms. The molecule has 0 radical (unpaired) electrons. The van der Waals surface area contributed by atoms with Crippen LogP contribution in [0.25, 0.3) is 0 Å². The summed E-state index contributed by atoms with van der Waals surface area (Å²) in [4.78, 5) is 11.2. The van der Waals surface area contributed by atoms with Crippen LogP contribution in [0.3, 0.4) is 0 Å². The fraction of sp³-hybridized carbons (Fsp3) is 0.750. The molecule has 15 heavy (non-hydrogen) atoms. The molecule has 0 saturated heterocycles. The maximum absolute atomic E-state index is 11.2. The molecular formula is C12H21NO2. The van der Waals surface area contributed by atoms with Gasteiger partial charge in [0.25, 0.3) is 0 Å². The van der Waals surface area contributed by atoms with Crippen LogP contribution in [0.1, 0.15) is 33.1 Å². The standard InChI is InChI=1S/C12H21NO2/c1-10(2)15-12(14)9-13-8-11-6-4-3-5-7-11/h3-4,10-11,13H,5-9H2,1-2H3. The molecule has 1 N–H and O–H groups in total. The summed E-state index contributed by atoms with van der Waals surface area (Å²) >= 11 is 0. The van der Waals surface area contributed by atoms with Crippen molar-refractivity contribution in [3.63, 3.8) is 0 Å². The van der Waals surface area contributed by atoms with Crippen LogP contribution in [0, 0.1) is 5.92 Å². The van der Waals surface area contributed by atoms with Crippen molar-refractivity contribution in [2.45, 2.75) is 39.2 Å². The topological polar surface area (TPSA) is 38.3 Å².